The van der Waals surface area contributed by atoms with Crippen molar-refractivity contribution in [2.75, 3.05) is 20.8 Å². The molecule has 0 bridgehead atoms. The molecule has 1 aliphatic heterocycles. The van der Waals surface area contributed by atoms with Crippen LogP contribution in [0.2, 0.25) is 18.1 Å². The maximum atomic E-state index is 14.2. The Bertz CT molecular complexity index is 1080. The van der Waals surface area contributed by atoms with E-state index in [4.69, 9.17) is 18.7 Å². The number of rotatable bonds is 7. The number of ether oxygens (including phenoxy) is 2. The van der Waals surface area contributed by atoms with E-state index >= 15 is 0 Å². The third kappa shape index (κ3) is 4.92. The third-order valence-corrected chi connectivity index (χ3v) is 13.3. The summed E-state index contributed by atoms with van der Waals surface area (Å²) in [6.07, 6.45) is 1.83. The maximum absolute atomic E-state index is 14.2. The minimum absolute atomic E-state index is 0.119. The van der Waals surface area contributed by atoms with Crippen molar-refractivity contribution >= 4 is 24.2 Å². The summed E-state index contributed by atoms with van der Waals surface area (Å²) in [7, 11) is 1.35. The second-order valence-electron chi connectivity index (χ2n) is 11.2. The molecule has 3 unspecified atom stereocenters. The first-order valence-electron chi connectivity index (χ1n) is 12.2. The van der Waals surface area contributed by atoms with Crippen LogP contribution in [0.3, 0.4) is 0 Å². The number of fused-ring (bicyclic) bond motifs is 1. The molecule has 8 heteroatoms. The van der Waals surface area contributed by atoms with Crippen LogP contribution >= 0.6 is 15.9 Å². The minimum Gasteiger partial charge on any atom is -0.497 e. The molecule has 0 aromatic heterocycles. The Balaban J connectivity index is 1.72. The molecule has 1 aliphatic carbocycles. The minimum atomic E-state index is -1.96. The van der Waals surface area contributed by atoms with Gasteiger partial charge < -0.3 is 13.9 Å². The van der Waals surface area contributed by atoms with E-state index in [-0.39, 0.29) is 22.9 Å². The molecule has 1 saturated carbocycles. The molecule has 0 spiro atoms. The topological polar surface area (TPSA) is 40.2 Å². The highest BCUT2D eigenvalue weighted by Gasteiger charge is 2.58. The Hall–Kier alpha value is -1.45. The van der Waals surface area contributed by atoms with E-state index < -0.39 is 13.9 Å². The highest BCUT2D eigenvalue weighted by atomic mass is 79.9. The van der Waals surface area contributed by atoms with Crippen molar-refractivity contribution in [3.05, 3.63) is 57.8 Å². The lowest BCUT2D eigenvalue weighted by molar-refractivity contribution is -0.179. The summed E-state index contributed by atoms with van der Waals surface area (Å²) in [6, 6.07) is 11.2. The maximum Gasteiger partial charge on any atom is 0.192 e. The van der Waals surface area contributed by atoms with Gasteiger partial charge in [-0.05, 0) is 70.7 Å². The Morgan fingerprint density at radius 1 is 1.14 bits per heavy atom. The van der Waals surface area contributed by atoms with E-state index in [0.717, 1.165) is 35.5 Å². The highest BCUT2D eigenvalue weighted by molar-refractivity contribution is 9.10. The van der Waals surface area contributed by atoms with Crippen LogP contribution in [-0.2, 0) is 21.3 Å². The predicted octanol–water partition coefficient (Wildman–Crippen LogP) is 7.05. The average molecular weight is 567 g/mol. The molecule has 2 aliphatic rings. The zero-order valence-corrected chi connectivity index (χ0v) is 24.4. The fourth-order valence-corrected chi connectivity index (χ4v) is 6.93. The molecule has 0 radical (unpaired) electrons. The summed E-state index contributed by atoms with van der Waals surface area (Å²) >= 11 is 3.41. The van der Waals surface area contributed by atoms with Crippen LogP contribution in [0.25, 0.3) is 0 Å². The van der Waals surface area contributed by atoms with Gasteiger partial charge in [-0.1, -0.05) is 32.9 Å². The molecule has 192 valence electrons. The van der Waals surface area contributed by atoms with Gasteiger partial charge in [0.25, 0.3) is 0 Å². The lowest BCUT2D eigenvalue weighted by Gasteiger charge is -2.40. The summed E-state index contributed by atoms with van der Waals surface area (Å²) in [5, 5.41) is 2.21. The first-order valence-corrected chi connectivity index (χ1v) is 15.9. The van der Waals surface area contributed by atoms with Crippen molar-refractivity contribution in [3.8, 4) is 11.5 Å². The van der Waals surface area contributed by atoms with Crippen molar-refractivity contribution in [1.29, 1.82) is 0 Å². The molecule has 5 nitrogen and oxygen atoms in total. The average Bonchev–Trinajstić information content (AvgIpc) is 3.31. The first-order chi connectivity index (χ1) is 16.4. The molecule has 4 rings (SSSR count). The monoisotopic (exact) mass is 565 g/mol. The van der Waals surface area contributed by atoms with Gasteiger partial charge in [0.15, 0.2) is 8.32 Å². The van der Waals surface area contributed by atoms with Gasteiger partial charge in [0.1, 0.15) is 17.3 Å². The standard InChI is InChI=1S/C27H37BrFNO4Si/c1-26(2,3)35(6,7)34-22-12-20-17-33-30(16-18-8-10-21(31-4)14-25(18)32-5)27(20,15-22)19-9-11-24(29)23(28)13-19/h8-11,13-14,20,22H,12,15-17H2,1-7H3. The third-order valence-electron chi connectivity index (χ3n) is 8.13. The van der Waals surface area contributed by atoms with Gasteiger partial charge in [0.2, 0.25) is 0 Å². The van der Waals surface area contributed by atoms with Gasteiger partial charge in [-0.15, -0.1) is 0 Å². The molecular weight excluding hydrogens is 529 g/mol. The number of nitrogens with zero attached hydrogens (tertiary/aromatic N) is 1. The molecule has 2 fully saturated rings. The van der Waals surface area contributed by atoms with Gasteiger partial charge in [-0.2, -0.15) is 5.06 Å². The first kappa shape index (κ1) is 26.6. The second kappa shape index (κ2) is 9.78. The van der Waals surface area contributed by atoms with Crippen molar-refractivity contribution < 1.29 is 23.1 Å². The normalized spacial score (nSPS) is 25.1. The van der Waals surface area contributed by atoms with Crippen LogP contribution in [0.15, 0.2) is 40.9 Å². The highest BCUT2D eigenvalue weighted by Crippen LogP contribution is 2.55. The summed E-state index contributed by atoms with van der Waals surface area (Å²) < 4.78 is 32.6. The van der Waals surface area contributed by atoms with Crippen molar-refractivity contribution in [2.45, 2.75) is 69.9 Å². The lowest BCUT2D eigenvalue weighted by atomic mass is 9.81. The zero-order chi connectivity index (χ0) is 25.6. The van der Waals surface area contributed by atoms with E-state index in [1.54, 1.807) is 14.2 Å². The number of hydrogen-bond acceptors (Lipinski definition) is 5. The van der Waals surface area contributed by atoms with Gasteiger partial charge in [0.05, 0.1) is 37.4 Å². The van der Waals surface area contributed by atoms with Crippen LogP contribution < -0.4 is 9.47 Å². The van der Waals surface area contributed by atoms with Crippen molar-refractivity contribution in [1.82, 2.24) is 5.06 Å². The second-order valence-corrected chi connectivity index (χ2v) is 16.8. The molecule has 1 saturated heterocycles. The molecule has 0 amide bonds. The number of halogens is 2. The number of methoxy groups -OCH3 is 2. The van der Waals surface area contributed by atoms with Crippen LogP contribution in [0, 0.1) is 11.7 Å². The van der Waals surface area contributed by atoms with Crippen LogP contribution in [0.1, 0.15) is 44.7 Å². The quantitative estimate of drug-likeness (QED) is 0.336. The summed E-state index contributed by atoms with van der Waals surface area (Å²) in [5.41, 5.74) is 1.62. The Morgan fingerprint density at radius 3 is 2.51 bits per heavy atom. The van der Waals surface area contributed by atoms with Crippen LogP contribution in [-0.4, -0.2) is 40.3 Å². The van der Waals surface area contributed by atoms with Gasteiger partial charge >= 0.3 is 0 Å². The number of hydrogen-bond donors (Lipinski definition) is 0. The van der Waals surface area contributed by atoms with E-state index in [9.17, 15) is 4.39 Å². The SMILES string of the molecule is COc1ccc(CN2OCC3CC(O[Si](C)(C)C(C)(C)C)CC32c2ccc(F)c(Br)c2)c(OC)c1. The molecule has 0 N–H and O–H groups in total. The van der Waals surface area contributed by atoms with Crippen LogP contribution in [0.5, 0.6) is 11.5 Å². The fraction of sp³-hybridized carbons (Fsp3) is 0.556. The van der Waals surface area contributed by atoms with Gasteiger partial charge in [0, 0.05) is 23.7 Å². The Labute approximate surface area is 218 Å². The molecule has 2 aromatic carbocycles. The van der Waals surface area contributed by atoms with E-state index in [2.05, 4.69) is 54.9 Å². The molecular formula is C27H37BrFNO4Si. The summed E-state index contributed by atoms with van der Waals surface area (Å²) in [5.74, 6) is 1.46. The van der Waals surface area contributed by atoms with Gasteiger partial charge in [-0.3, -0.25) is 4.84 Å². The number of hydroxylamine groups is 2. The molecule has 3 atom stereocenters. The smallest absolute Gasteiger partial charge is 0.192 e. The summed E-state index contributed by atoms with van der Waals surface area (Å²) in [6.45, 7) is 12.6. The molecule has 35 heavy (non-hydrogen) atoms. The molecule has 2 aromatic rings. The van der Waals surface area contributed by atoms with Crippen LogP contribution in [0.4, 0.5) is 4.39 Å². The van der Waals surface area contributed by atoms with Crippen molar-refractivity contribution in [3.63, 3.8) is 0 Å². The van der Waals surface area contributed by atoms with E-state index in [1.165, 1.54) is 6.07 Å². The van der Waals surface area contributed by atoms with Crippen molar-refractivity contribution in [2.24, 2.45) is 5.92 Å². The largest absolute Gasteiger partial charge is 0.497 e. The van der Waals surface area contributed by atoms with E-state index in [1.807, 2.05) is 30.3 Å². The fourth-order valence-electron chi connectivity index (χ4n) is 5.19. The Kier molecular flexibility index (Phi) is 7.43. The zero-order valence-electron chi connectivity index (χ0n) is 21.8. The van der Waals surface area contributed by atoms with Gasteiger partial charge in [-0.25, -0.2) is 4.39 Å². The molecule has 1 heterocycles. The number of benzene rings is 2. The predicted molar refractivity (Wildman–Crippen MR) is 142 cm³/mol. The lowest BCUT2D eigenvalue weighted by Crippen LogP contribution is -2.45. The van der Waals surface area contributed by atoms with E-state index in [0.29, 0.717) is 17.6 Å². The Morgan fingerprint density at radius 2 is 1.89 bits per heavy atom. The summed E-state index contributed by atoms with van der Waals surface area (Å²) in [4.78, 5) is 6.35.